The number of methoxy groups -OCH3 is 1. The lowest BCUT2D eigenvalue weighted by Gasteiger charge is -2.32. The van der Waals surface area contributed by atoms with Gasteiger partial charge in [-0.2, -0.15) is 0 Å². The molecule has 0 radical (unpaired) electrons. The van der Waals surface area contributed by atoms with E-state index < -0.39 is 0 Å². The number of likely N-dealkylation sites (tertiary alicyclic amines) is 1. The van der Waals surface area contributed by atoms with Crippen LogP contribution in [0.4, 0.5) is 0 Å². The average Bonchev–Trinajstić information content (AvgIpc) is 2.53. The molecule has 5 heteroatoms. The summed E-state index contributed by atoms with van der Waals surface area (Å²) in [5.74, 6) is 0.622. The van der Waals surface area contributed by atoms with E-state index in [0.717, 1.165) is 17.6 Å². The Labute approximate surface area is 135 Å². The van der Waals surface area contributed by atoms with Crippen molar-refractivity contribution >= 4 is 21.8 Å². The fraction of sp³-hybridized carbons (Fsp3) is 0.562. The van der Waals surface area contributed by atoms with Crippen molar-refractivity contribution in [2.24, 2.45) is 0 Å². The van der Waals surface area contributed by atoms with E-state index >= 15 is 0 Å². The van der Waals surface area contributed by atoms with Gasteiger partial charge in [0.05, 0.1) is 12.7 Å². The smallest absolute Gasteiger partial charge is 0.252 e. The minimum absolute atomic E-state index is 0.0652. The maximum absolute atomic E-state index is 12.3. The number of nitrogens with zero attached hydrogens (tertiary/aromatic N) is 1. The summed E-state index contributed by atoms with van der Waals surface area (Å²) in [4.78, 5) is 14.8. The molecule has 0 bridgehead atoms. The molecule has 1 aliphatic rings. The molecule has 1 heterocycles. The highest BCUT2D eigenvalue weighted by Gasteiger charge is 2.18. The van der Waals surface area contributed by atoms with Crippen molar-refractivity contribution in [3.8, 4) is 5.75 Å². The van der Waals surface area contributed by atoms with Gasteiger partial charge in [0, 0.05) is 17.1 Å². The van der Waals surface area contributed by atoms with Crippen LogP contribution in [0, 0.1) is 0 Å². The summed E-state index contributed by atoms with van der Waals surface area (Å²) in [6.45, 7) is 5.12. The summed E-state index contributed by atoms with van der Waals surface area (Å²) in [5.41, 5.74) is 0.611. The van der Waals surface area contributed by atoms with Crippen LogP contribution in [0.25, 0.3) is 0 Å². The van der Waals surface area contributed by atoms with Gasteiger partial charge in [0.15, 0.2) is 0 Å². The van der Waals surface area contributed by atoms with Gasteiger partial charge in [0.1, 0.15) is 5.75 Å². The van der Waals surface area contributed by atoms with Crippen molar-refractivity contribution in [3.63, 3.8) is 0 Å². The second-order valence-corrected chi connectivity index (χ2v) is 6.36. The number of piperidine rings is 1. The van der Waals surface area contributed by atoms with E-state index in [1.165, 1.54) is 19.3 Å². The third-order valence-electron chi connectivity index (χ3n) is 3.99. The third-order valence-corrected chi connectivity index (χ3v) is 4.68. The molecule has 0 aromatic heterocycles. The van der Waals surface area contributed by atoms with Crippen LogP contribution in [0.3, 0.4) is 0 Å². The molecule has 1 saturated heterocycles. The quantitative estimate of drug-likeness (QED) is 0.883. The molecule has 0 spiro atoms. The lowest BCUT2D eigenvalue weighted by atomic mass is 10.1. The van der Waals surface area contributed by atoms with Crippen LogP contribution in [0.5, 0.6) is 5.75 Å². The first-order valence-corrected chi connectivity index (χ1v) is 8.27. The van der Waals surface area contributed by atoms with E-state index in [-0.39, 0.29) is 5.91 Å². The largest absolute Gasteiger partial charge is 0.497 e. The van der Waals surface area contributed by atoms with Crippen LogP contribution < -0.4 is 10.1 Å². The van der Waals surface area contributed by atoms with E-state index in [9.17, 15) is 4.79 Å². The van der Waals surface area contributed by atoms with Crippen molar-refractivity contribution in [1.29, 1.82) is 0 Å². The highest BCUT2D eigenvalue weighted by atomic mass is 79.9. The SMILES string of the molecule is COc1ccc(Br)c(C(=O)NCC(C)N2CCCCC2)c1. The van der Waals surface area contributed by atoms with Gasteiger partial charge >= 0.3 is 0 Å². The zero-order valence-corrected chi connectivity index (χ0v) is 14.3. The van der Waals surface area contributed by atoms with Gasteiger partial charge in [-0.15, -0.1) is 0 Å². The lowest BCUT2D eigenvalue weighted by Crippen LogP contribution is -2.44. The number of rotatable bonds is 5. The molecular formula is C16H23BrN2O2. The van der Waals surface area contributed by atoms with E-state index in [1.54, 1.807) is 13.2 Å². The first kappa shape index (κ1) is 16.3. The Morgan fingerprint density at radius 3 is 2.76 bits per heavy atom. The zero-order chi connectivity index (χ0) is 15.2. The molecule has 21 heavy (non-hydrogen) atoms. The standard InChI is InChI=1S/C16H23BrN2O2/c1-12(19-8-4-3-5-9-19)11-18-16(20)14-10-13(21-2)6-7-15(14)17/h6-7,10,12H,3-5,8-9,11H2,1-2H3,(H,18,20). The Bertz CT molecular complexity index is 487. The summed E-state index contributed by atoms with van der Waals surface area (Å²) in [6, 6.07) is 5.79. The summed E-state index contributed by atoms with van der Waals surface area (Å²) >= 11 is 3.42. The van der Waals surface area contributed by atoms with Crippen LogP contribution in [0.1, 0.15) is 36.5 Å². The monoisotopic (exact) mass is 354 g/mol. The fourth-order valence-electron chi connectivity index (χ4n) is 2.63. The molecule has 1 amide bonds. The number of hydrogen-bond donors (Lipinski definition) is 1. The molecule has 116 valence electrons. The summed E-state index contributed by atoms with van der Waals surface area (Å²) < 4.78 is 5.96. The molecule has 0 saturated carbocycles. The van der Waals surface area contributed by atoms with Crippen LogP contribution in [-0.4, -0.2) is 43.6 Å². The number of hydrogen-bond acceptors (Lipinski definition) is 3. The third kappa shape index (κ3) is 4.45. The highest BCUT2D eigenvalue weighted by Crippen LogP contribution is 2.22. The molecule has 2 rings (SSSR count). The molecule has 4 nitrogen and oxygen atoms in total. The lowest BCUT2D eigenvalue weighted by molar-refractivity contribution is 0.0929. The topological polar surface area (TPSA) is 41.6 Å². The minimum Gasteiger partial charge on any atom is -0.497 e. The van der Waals surface area contributed by atoms with Gasteiger partial charge in [-0.05, 0) is 67.0 Å². The number of carbonyl (C=O) groups excluding carboxylic acids is 1. The first-order chi connectivity index (χ1) is 10.1. The normalized spacial score (nSPS) is 17.3. The molecule has 1 aromatic carbocycles. The number of ether oxygens (including phenoxy) is 1. The second-order valence-electron chi connectivity index (χ2n) is 5.50. The van der Waals surface area contributed by atoms with Crippen LogP contribution in [0.15, 0.2) is 22.7 Å². The van der Waals surface area contributed by atoms with Crippen LogP contribution >= 0.6 is 15.9 Å². The van der Waals surface area contributed by atoms with Crippen molar-refractivity contribution in [2.75, 3.05) is 26.7 Å². The maximum Gasteiger partial charge on any atom is 0.252 e. The summed E-state index contributed by atoms with van der Waals surface area (Å²) in [5, 5.41) is 3.02. The van der Waals surface area contributed by atoms with Gasteiger partial charge in [-0.25, -0.2) is 0 Å². The van der Waals surface area contributed by atoms with Crippen LogP contribution in [0.2, 0.25) is 0 Å². The van der Waals surface area contributed by atoms with Crippen molar-refractivity contribution in [3.05, 3.63) is 28.2 Å². The fourth-order valence-corrected chi connectivity index (χ4v) is 3.06. The van der Waals surface area contributed by atoms with Crippen molar-refractivity contribution in [2.45, 2.75) is 32.2 Å². The van der Waals surface area contributed by atoms with Gasteiger partial charge < -0.3 is 10.1 Å². The van der Waals surface area contributed by atoms with Gasteiger partial charge in [-0.3, -0.25) is 9.69 Å². The molecule has 1 aliphatic heterocycles. The number of benzene rings is 1. The molecule has 1 N–H and O–H groups in total. The predicted octanol–water partition coefficient (Wildman–Crippen LogP) is 3.06. The average molecular weight is 355 g/mol. The number of carbonyl (C=O) groups is 1. The zero-order valence-electron chi connectivity index (χ0n) is 12.7. The van der Waals surface area contributed by atoms with Gasteiger partial charge in [0.25, 0.3) is 5.91 Å². The Balaban J connectivity index is 1.92. The Morgan fingerprint density at radius 2 is 2.10 bits per heavy atom. The molecule has 1 fully saturated rings. The Hall–Kier alpha value is -1.07. The Morgan fingerprint density at radius 1 is 1.38 bits per heavy atom. The predicted molar refractivity (Wildman–Crippen MR) is 87.9 cm³/mol. The maximum atomic E-state index is 12.3. The van der Waals surface area contributed by atoms with Gasteiger partial charge in [-0.1, -0.05) is 6.42 Å². The Kier molecular flexibility index (Phi) is 6.06. The summed E-state index contributed by atoms with van der Waals surface area (Å²) in [6.07, 6.45) is 3.85. The summed E-state index contributed by atoms with van der Waals surface area (Å²) in [7, 11) is 1.60. The van der Waals surface area contributed by atoms with E-state index in [0.29, 0.717) is 23.9 Å². The number of amides is 1. The second kappa shape index (κ2) is 7.80. The van der Waals surface area contributed by atoms with E-state index in [1.807, 2.05) is 12.1 Å². The molecule has 0 aliphatic carbocycles. The minimum atomic E-state index is -0.0652. The van der Waals surface area contributed by atoms with E-state index in [4.69, 9.17) is 4.74 Å². The van der Waals surface area contributed by atoms with Crippen molar-refractivity contribution in [1.82, 2.24) is 10.2 Å². The van der Waals surface area contributed by atoms with E-state index in [2.05, 4.69) is 33.1 Å². The van der Waals surface area contributed by atoms with Crippen molar-refractivity contribution < 1.29 is 9.53 Å². The van der Waals surface area contributed by atoms with Gasteiger partial charge in [0.2, 0.25) is 0 Å². The molecule has 1 aromatic rings. The first-order valence-electron chi connectivity index (χ1n) is 7.47. The molecule has 1 atom stereocenters. The highest BCUT2D eigenvalue weighted by molar-refractivity contribution is 9.10. The number of nitrogens with one attached hydrogen (secondary N) is 1. The number of halogens is 1. The van der Waals surface area contributed by atoms with Crippen LogP contribution in [-0.2, 0) is 0 Å². The molecular weight excluding hydrogens is 332 g/mol. The molecule has 1 unspecified atom stereocenters.